The first-order valence-electron chi connectivity index (χ1n) is 28.2. The van der Waals surface area contributed by atoms with Crippen molar-refractivity contribution >= 4 is 17.9 Å². The number of esters is 3. The highest BCUT2D eigenvalue weighted by Gasteiger charge is 2.19. The molecule has 0 radical (unpaired) electrons. The minimum atomic E-state index is -0.767. The van der Waals surface area contributed by atoms with Crippen molar-refractivity contribution in [2.45, 2.75) is 322 Å². The highest BCUT2D eigenvalue weighted by atomic mass is 16.6. The summed E-state index contributed by atoms with van der Waals surface area (Å²) in [5.74, 6) is -0.859. The van der Waals surface area contributed by atoms with Gasteiger partial charge in [0.05, 0.1) is 0 Å². The Labute approximate surface area is 392 Å². The van der Waals surface area contributed by atoms with Crippen LogP contribution in [0.15, 0.2) is 12.2 Å². The topological polar surface area (TPSA) is 78.9 Å². The van der Waals surface area contributed by atoms with Crippen molar-refractivity contribution in [2.24, 2.45) is 0 Å². The van der Waals surface area contributed by atoms with Gasteiger partial charge in [0.2, 0.25) is 0 Å². The Balaban J connectivity index is 4.20. The second-order valence-corrected chi connectivity index (χ2v) is 19.2. The third-order valence-electron chi connectivity index (χ3n) is 12.8. The Hall–Kier alpha value is -1.85. The van der Waals surface area contributed by atoms with Crippen molar-refractivity contribution in [2.75, 3.05) is 13.2 Å². The normalized spacial score (nSPS) is 12.0. The van der Waals surface area contributed by atoms with Crippen LogP contribution in [-0.4, -0.2) is 37.2 Å². The maximum Gasteiger partial charge on any atom is 0.306 e. The molecule has 0 bridgehead atoms. The molecule has 0 N–H and O–H groups in total. The number of carbonyl (C=O) groups is 3. The Morgan fingerprint density at radius 2 is 0.524 bits per heavy atom. The quantitative estimate of drug-likeness (QED) is 0.0262. The molecule has 0 amide bonds. The molecule has 0 rings (SSSR count). The maximum absolute atomic E-state index is 12.8. The lowest BCUT2D eigenvalue weighted by atomic mass is 10.0. The standard InChI is InChI=1S/C57H108O6/c1-4-7-10-13-16-19-21-23-25-26-27-28-29-30-32-33-35-38-41-44-47-50-56(59)62-53-54(52-61-55(58)49-46-43-40-37-18-15-12-9-6-3)63-57(60)51-48-45-42-39-36-34-31-24-22-20-17-14-11-8-5-2/h24,31,54H,4-23,25-30,32-53H2,1-3H3/b31-24-. The maximum atomic E-state index is 12.8. The number of ether oxygens (including phenoxy) is 3. The van der Waals surface area contributed by atoms with Crippen molar-refractivity contribution in [1.82, 2.24) is 0 Å². The fraction of sp³-hybridized carbons (Fsp3) is 0.912. The van der Waals surface area contributed by atoms with Gasteiger partial charge in [0, 0.05) is 19.3 Å². The molecule has 0 saturated carbocycles. The molecule has 0 aliphatic heterocycles. The van der Waals surface area contributed by atoms with E-state index in [1.54, 1.807) is 0 Å². The van der Waals surface area contributed by atoms with E-state index in [0.29, 0.717) is 19.3 Å². The number of rotatable bonds is 52. The molecule has 0 aliphatic carbocycles. The summed E-state index contributed by atoms with van der Waals surface area (Å²) in [6, 6.07) is 0. The van der Waals surface area contributed by atoms with E-state index in [0.717, 1.165) is 64.2 Å². The average molecular weight is 889 g/mol. The van der Waals surface area contributed by atoms with Crippen LogP contribution in [0.1, 0.15) is 316 Å². The molecule has 0 aromatic heterocycles. The molecular weight excluding hydrogens is 781 g/mol. The number of hydrogen-bond acceptors (Lipinski definition) is 6. The molecule has 0 aliphatic rings. The van der Waals surface area contributed by atoms with E-state index in [4.69, 9.17) is 14.2 Å². The lowest BCUT2D eigenvalue weighted by molar-refractivity contribution is -0.167. The van der Waals surface area contributed by atoms with E-state index in [2.05, 4.69) is 32.9 Å². The monoisotopic (exact) mass is 889 g/mol. The van der Waals surface area contributed by atoms with Crippen LogP contribution in [0.4, 0.5) is 0 Å². The predicted molar refractivity (Wildman–Crippen MR) is 270 cm³/mol. The van der Waals surface area contributed by atoms with Crippen molar-refractivity contribution in [3.05, 3.63) is 12.2 Å². The van der Waals surface area contributed by atoms with Gasteiger partial charge in [-0.3, -0.25) is 14.4 Å². The second-order valence-electron chi connectivity index (χ2n) is 19.2. The Kier molecular flexibility index (Phi) is 51.2. The Morgan fingerprint density at radius 1 is 0.302 bits per heavy atom. The summed E-state index contributed by atoms with van der Waals surface area (Å²) >= 11 is 0. The molecule has 0 saturated heterocycles. The molecule has 0 aromatic rings. The van der Waals surface area contributed by atoms with Crippen LogP contribution in [0.2, 0.25) is 0 Å². The van der Waals surface area contributed by atoms with Crippen LogP contribution >= 0.6 is 0 Å². The summed E-state index contributed by atoms with van der Waals surface area (Å²) in [4.78, 5) is 38.0. The molecule has 372 valence electrons. The van der Waals surface area contributed by atoms with Crippen molar-refractivity contribution in [1.29, 1.82) is 0 Å². The van der Waals surface area contributed by atoms with E-state index in [1.165, 1.54) is 212 Å². The van der Waals surface area contributed by atoms with E-state index in [1.807, 2.05) is 0 Å². The summed E-state index contributed by atoms with van der Waals surface area (Å²) in [5.41, 5.74) is 0. The zero-order valence-corrected chi connectivity index (χ0v) is 42.6. The first-order valence-corrected chi connectivity index (χ1v) is 28.2. The molecule has 0 aromatic carbocycles. The van der Waals surface area contributed by atoms with Crippen LogP contribution in [0, 0.1) is 0 Å². The molecule has 6 heteroatoms. The minimum absolute atomic E-state index is 0.0679. The fourth-order valence-electron chi connectivity index (χ4n) is 8.50. The number of allylic oxidation sites excluding steroid dienone is 2. The third kappa shape index (κ3) is 51.0. The average Bonchev–Trinajstić information content (AvgIpc) is 3.28. The first-order chi connectivity index (χ1) is 31.0. The largest absolute Gasteiger partial charge is 0.462 e. The molecular formula is C57H108O6. The van der Waals surface area contributed by atoms with Gasteiger partial charge >= 0.3 is 17.9 Å². The van der Waals surface area contributed by atoms with Gasteiger partial charge in [0.15, 0.2) is 6.10 Å². The number of carbonyl (C=O) groups excluding carboxylic acids is 3. The van der Waals surface area contributed by atoms with E-state index in [-0.39, 0.29) is 31.1 Å². The van der Waals surface area contributed by atoms with Gasteiger partial charge < -0.3 is 14.2 Å². The van der Waals surface area contributed by atoms with E-state index < -0.39 is 6.10 Å². The fourth-order valence-corrected chi connectivity index (χ4v) is 8.50. The van der Waals surface area contributed by atoms with E-state index in [9.17, 15) is 14.4 Å². The van der Waals surface area contributed by atoms with Gasteiger partial charge in [0.25, 0.3) is 0 Å². The zero-order chi connectivity index (χ0) is 45.8. The lowest BCUT2D eigenvalue weighted by Crippen LogP contribution is -2.30. The number of unbranched alkanes of at least 4 members (excludes halogenated alkanes) is 39. The molecule has 0 fully saturated rings. The highest BCUT2D eigenvalue weighted by Crippen LogP contribution is 2.17. The first kappa shape index (κ1) is 61.1. The molecule has 0 heterocycles. The van der Waals surface area contributed by atoms with Crippen LogP contribution in [-0.2, 0) is 28.6 Å². The third-order valence-corrected chi connectivity index (χ3v) is 12.8. The summed E-state index contributed by atoms with van der Waals surface area (Å²) in [6.07, 6.45) is 59.3. The summed E-state index contributed by atoms with van der Waals surface area (Å²) < 4.78 is 16.8. The van der Waals surface area contributed by atoms with Gasteiger partial charge in [-0.25, -0.2) is 0 Å². The van der Waals surface area contributed by atoms with Crippen LogP contribution in [0.3, 0.4) is 0 Å². The van der Waals surface area contributed by atoms with Gasteiger partial charge in [-0.1, -0.05) is 264 Å². The summed E-state index contributed by atoms with van der Waals surface area (Å²) in [6.45, 7) is 6.66. The summed E-state index contributed by atoms with van der Waals surface area (Å²) in [5, 5.41) is 0. The predicted octanol–water partition coefficient (Wildman–Crippen LogP) is 18.5. The molecule has 0 spiro atoms. The highest BCUT2D eigenvalue weighted by molar-refractivity contribution is 5.71. The van der Waals surface area contributed by atoms with Crippen molar-refractivity contribution in [3.8, 4) is 0 Å². The SMILES string of the molecule is CCCCCCCC/C=C\CCCCCCCC(=O)OC(COC(=O)CCCCCCCCCCC)COC(=O)CCCCCCCCCCCCCCCCCCCCCCC. The summed E-state index contributed by atoms with van der Waals surface area (Å²) in [7, 11) is 0. The Morgan fingerprint density at radius 3 is 0.794 bits per heavy atom. The van der Waals surface area contributed by atoms with Gasteiger partial charge in [-0.2, -0.15) is 0 Å². The van der Waals surface area contributed by atoms with E-state index >= 15 is 0 Å². The second kappa shape index (κ2) is 52.8. The van der Waals surface area contributed by atoms with Crippen LogP contribution < -0.4 is 0 Å². The van der Waals surface area contributed by atoms with Crippen molar-refractivity contribution < 1.29 is 28.6 Å². The van der Waals surface area contributed by atoms with Gasteiger partial charge in [0.1, 0.15) is 13.2 Å². The zero-order valence-electron chi connectivity index (χ0n) is 42.6. The van der Waals surface area contributed by atoms with Gasteiger partial charge in [-0.05, 0) is 44.9 Å². The number of hydrogen-bond donors (Lipinski definition) is 0. The molecule has 6 nitrogen and oxygen atoms in total. The van der Waals surface area contributed by atoms with Crippen LogP contribution in [0.5, 0.6) is 0 Å². The molecule has 63 heavy (non-hydrogen) atoms. The van der Waals surface area contributed by atoms with Crippen molar-refractivity contribution in [3.63, 3.8) is 0 Å². The molecule has 1 unspecified atom stereocenters. The lowest BCUT2D eigenvalue weighted by Gasteiger charge is -2.18. The minimum Gasteiger partial charge on any atom is -0.462 e. The van der Waals surface area contributed by atoms with Gasteiger partial charge in [-0.15, -0.1) is 0 Å². The smallest absolute Gasteiger partial charge is 0.306 e. The molecule has 1 atom stereocenters. The Bertz CT molecular complexity index is 978. The van der Waals surface area contributed by atoms with Crippen LogP contribution in [0.25, 0.3) is 0 Å².